The van der Waals surface area contributed by atoms with Gasteiger partial charge in [-0.2, -0.15) is 0 Å². The zero-order chi connectivity index (χ0) is 10.5. The van der Waals surface area contributed by atoms with E-state index in [-0.39, 0.29) is 0 Å². The van der Waals surface area contributed by atoms with Crippen molar-refractivity contribution >= 4 is 5.97 Å². The zero-order valence-corrected chi connectivity index (χ0v) is 8.41. The Morgan fingerprint density at radius 2 is 1.31 bits per heavy atom. The SMILES string of the molecule is C1COCCO1.CC(=O)O.COC. The average Bonchev–Trinajstić information content (AvgIpc) is 2.08. The van der Waals surface area contributed by atoms with Crippen molar-refractivity contribution in [2.24, 2.45) is 0 Å². The standard InChI is InChI=1S/C4H8O2.C2H4O2.C2H6O/c1-2-6-4-3-5-1;1-2(3)4;1-3-2/h1-4H2;1H3,(H,3,4);1-2H3. The lowest BCUT2D eigenvalue weighted by Gasteiger charge is -2.09. The van der Waals surface area contributed by atoms with Gasteiger partial charge in [0.25, 0.3) is 5.97 Å². The molecular weight excluding hydrogens is 176 g/mol. The molecule has 0 saturated carbocycles. The monoisotopic (exact) mass is 194 g/mol. The van der Waals surface area contributed by atoms with Gasteiger partial charge in [0.15, 0.2) is 0 Å². The molecule has 5 heteroatoms. The Kier molecular flexibility index (Phi) is 15.9. The molecule has 5 nitrogen and oxygen atoms in total. The number of carboxylic acids is 1. The molecule has 0 unspecified atom stereocenters. The number of rotatable bonds is 0. The van der Waals surface area contributed by atoms with Gasteiger partial charge >= 0.3 is 0 Å². The Balaban J connectivity index is 0. The summed E-state index contributed by atoms with van der Waals surface area (Å²) in [6.45, 7) is 4.19. The number of carbonyl (C=O) groups is 1. The van der Waals surface area contributed by atoms with Crippen LogP contribution in [0.1, 0.15) is 6.92 Å². The fourth-order valence-corrected chi connectivity index (χ4v) is 0.440. The van der Waals surface area contributed by atoms with Crippen LogP contribution in [0, 0.1) is 0 Å². The molecule has 0 amide bonds. The summed E-state index contributed by atoms with van der Waals surface area (Å²) in [5.41, 5.74) is 0. The van der Waals surface area contributed by atoms with Gasteiger partial charge in [-0.3, -0.25) is 4.79 Å². The molecular formula is C8H18O5. The minimum Gasteiger partial charge on any atom is -0.481 e. The van der Waals surface area contributed by atoms with Crippen molar-refractivity contribution in [1.82, 2.24) is 0 Å². The Morgan fingerprint density at radius 3 is 1.38 bits per heavy atom. The predicted molar refractivity (Wildman–Crippen MR) is 47.9 cm³/mol. The van der Waals surface area contributed by atoms with Crippen LogP contribution in [0.2, 0.25) is 0 Å². The van der Waals surface area contributed by atoms with Gasteiger partial charge in [-0.1, -0.05) is 0 Å². The van der Waals surface area contributed by atoms with E-state index in [1.807, 2.05) is 0 Å². The van der Waals surface area contributed by atoms with Crippen LogP contribution in [-0.4, -0.2) is 51.7 Å². The molecule has 0 aromatic carbocycles. The highest BCUT2D eigenvalue weighted by molar-refractivity contribution is 5.62. The second kappa shape index (κ2) is 13.9. The van der Waals surface area contributed by atoms with Gasteiger partial charge in [0.1, 0.15) is 0 Å². The van der Waals surface area contributed by atoms with E-state index in [9.17, 15) is 0 Å². The van der Waals surface area contributed by atoms with Gasteiger partial charge in [0.2, 0.25) is 0 Å². The molecule has 0 aromatic rings. The molecule has 0 aliphatic carbocycles. The summed E-state index contributed by atoms with van der Waals surface area (Å²) in [4.78, 5) is 9.00. The van der Waals surface area contributed by atoms with Gasteiger partial charge in [-0.05, 0) is 0 Å². The summed E-state index contributed by atoms with van der Waals surface area (Å²) >= 11 is 0. The van der Waals surface area contributed by atoms with Gasteiger partial charge < -0.3 is 19.3 Å². The number of hydrogen-bond donors (Lipinski definition) is 1. The maximum Gasteiger partial charge on any atom is 0.300 e. The molecule has 0 atom stereocenters. The van der Waals surface area contributed by atoms with Crippen LogP contribution < -0.4 is 0 Å². The Bertz CT molecular complexity index is 85.2. The van der Waals surface area contributed by atoms with E-state index in [0.717, 1.165) is 33.4 Å². The Morgan fingerprint density at radius 1 is 1.15 bits per heavy atom. The summed E-state index contributed by atoms with van der Waals surface area (Å²) in [6, 6.07) is 0. The second-order valence-electron chi connectivity index (χ2n) is 2.15. The van der Waals surface area contributed by atoms with Crippen LogP contribution in [0.25, 0.3) is 0 Å². The molecule has 0 radical (unpaired) electrons. The summed E-state index contributed by atoms with van der Waals surface area (Å²) < 4.78 is 14.1. The van der Waals surface area contributed by atoms with E-state index in [4.69, 9.17) is 19.4 Å². The van der Waals surface area contributed by atoms with E-state index < -0.39 is 5.97 Å². The van der Waals surface area contributed by atoms with Gasteiger partial charge in [0, 0.05) is 21.1 Å². The van der Waals surface area contributed by atoms with Crippen molar-refractivity contribution in [1.29, 1.82) is 0 Å². The quantitative estimate of drug-likeness (QED) is 0.604. The minimum atomic E-state index is -0.833. The lowest BCUT2D eigenvalue weighted by atomic mass is 10.6. The maximum atomic E-state index is 9.00. The van der Waals surface area contributed by atoms with Crippen molar-refractivity contribution in [3.8, 4) is 0 Å². The van der Waals surface area contributed by atoms with Crippen molar-refractivity contribution in [3.05, 3.63) is 0 Å². The molecule has 80 valence electrons. The van der Waals surface area contributed by atoms with E-state index in [1.165, 1.54) is 0 Å². The highest BCUT2D eigenvalue weighted by Crippen LogP contribution is 1.85. The number of hydrogen-bond acceptors (Lipinski definition) is 4. The predicted octanol–water partition coefficient (Wildman–Crippen LogP) is 0.387. The fraction of sp³-hybridized carbons (Fsp3) is 0.875. The van der Waals surface area contributed by atoms with E-state index in [1.54, 1.807) is 14.2 Å². The molecule has 1 aliphatic heterocycles. The average molecular weight is 194 g/mol. The van der Waals surface area contributed by atoms with Crippen LogP contribution >= 0.6 is 0 Å². The topological polar surface area (TPSA) is 65.0 Å². The molecule has 1 heterocycles. The largest absolute Gasteiger partial charge is 0.481 e. The normalized spacial score (nSPS) is 14.4. The van der Waals surface area contributed by atoms with Crippen molar-refractivity contribution < 1.29 is 24.1 Å². The molecule has 0 aromatic heterocycles. The smallest absolute Gasteiger partial charge is 0.300 e. The number of ether oxygens (including phenoxy) is 3. The highest BCUT2D eigenvalue weighted by Gasteiger charge is 1.94. The van der Waals surface area contributed by atoms with Crippen LogP contribution in [0.15, 0.2) is 0 Å². The first kappa shape index (κ1) is 14.9. The van der Waals surface area contributed by atoms with E-state index in [0.29, 0.717) is 0 Å². The number of aliphatic carboxylic acids is 1. The second-order valence-corrected chi connectivity index (χ2v) is 2.15. The molecule has 1 saturated heterocycles. The summed E-state index contributed by atoms with van der Waals surface area (Å²) in [6.07, 6.45) is 0. The lowest BCUT2D eigenvalue weighted by molar-refractivity contribution is -0.134. The van der Waals surface area contributed by atoms with Crippen LogP contribution in [-0.2, 0) is 19.0 Å². The van der Waals surface area contributed by atoms with Crippen molar-refractivity contribution in [2.45, 2.75) is 6.92 Å². The van der Waals surface area contributed by atoms with Crippen LogP contribution in [0.3, 0.4) is 0 Å². The molecule has 1 aliphatic rings. The molecule has 13 heavy (non-hydrogen) atoms. The van der Waals surface area contributed by atoms with E-state index >= 15 is 0 Å². The molecule has 1 fully saturated rings. The third kappa shape index (κ3) is 34.7. The molecule has 1 rings (SSSR count). The van der Waals surface area contributed by atoms with Gasteiger partial charge in [0.05, 0.1) is 26.4 Å². The fourth-order valence-electron chi connectivity index (χ4n) is 0.440. The third-order valence-electron chi connectivity index (χ3n) is 0.744. The number of methoxy groups -OCH3 is 1. The Hall–Kier alpha value is -0.650. The maximum absolute atomic E-state index is 9.00. The van der Waals surface area contributed by atoms with Gasteiger partial charge in [-0.25, -0.2) is 0 Å². The molecule has 0 spiro atoms. The highest BCUT2D eigenvalue weighted by atomic mass is 16.6. The van der Waals surface area contributed by atoms with Gasteiger partial charge in [-0.15, -0.1) is 0 Å². The first-order valence-electron chi connectivity index (χ1n) is 3.90. The minimum absolute atomic E-state index is 0.778. The van der Waals surface area contributed by atoms with Crippen LogP contribution in [0.4, 0.5) is 0 Å². The summed E-state index contributed by atoms with van der Waals surface area (Å²) in [5.74, 6) is -0.833. The van der Waals surface area contributed by atoms with Crippen LogP contribution in [0.5, 0.6) is 0 Å². The van der Waals surface area contributed by atoms with E-state index in [2.05, 4.69) is 4.74 Å². The zero-order valence-electron chi connectivity index (χ0n) is 8.41. The van der Waals surface area contributed by atoms with Crippen molar-refractivity contribution in [3.63, 3.8) is 0 Å². The number of carboxylic acid groups (broad SMARTS) is 1. The Labute approximate surface area is 78.6 Å². The first-order chi connectivity index (χ1) is 6.15. The molecule has 0 bridgehead atoms. The molecule has 1 N–H and O–H groups in total. The summed E-state index contributed by atoms with van der Waals surface area (Å²) in [7, 11) is 3.25. The summed E-state index contributed by atoms with van der Waals surface area (Å²) in [5, 5.41) is 7.42. The third-order valence-corrected chi connectivity index (χ3v) is 0.744. The first-order valence-corrected chi connectivity index (χ1v) is 3.90. The lowest BCUT2D eigenvalue weighted by Crippen LogP contribution is -2.16. The van der Waals surface area contributed by atoms with Crippen molar-refractivity contribution in [2.75, 3.05) is 40.6 Å².